The lowest BCUT2D eigenvalue weighted by Crippen LogP contribution is -2.40. The molecule has 0 spiro atoms. The minimum atomic E-state index is -4.82. The zero-order valence-electron chi connectivity index (χ0n) is 24.3. The zero-order valence-corrected chi connectivity index (χ0v) is 25.1. The Balaban J connectivity index is 1.85. The summed E-state index contributed by atoms with van der Waals surface area (Å²) in [7, 11) is 1.77. The van der Waals surface area contributed by atoms with Gasteiger partial charge in [0.1, 0.15) is 17.3 Å². The van der Waals surface area contributed by atoms with E-state index in [1.165, 1.54) is 6.07 Å². The van der Waals surface area contributed by atoms with Crippen molar-refractivity contribution in [3.63, 3.8) is 0 Å². The minimum Gasteiger partial charge on any atom is -0.616 e. The van der Waals surface area contributed by atoms with Crippen LogP contribution in [0.3, 0.4) is 0 Å². The Labute approximate surface area is 244 Å². The summed E-state index contributed by atoms with van der Waals surface area (Å²) in [6, 6.07) is 11.2. The molecule has 2 heterocycles. The summed E-state index contributed by atoms with van der Waals surface area (Å²) < 4.78 is 57.2. The van der Waals surface area contributed by atoms with E-state index >= 15 is 0 Å². The average Bonchev–Trinajstić information content (AvgIpc) is 3.07. The van der Waals surface area contributed by atoms with Gasteiger partial charge in [0.2, 0.25) is 0 Å². The number of nitrogens with zero attached hydrogens (tertiary/aromatic N) is 4. The number of ether oxygens (including phenoxy) is 1. The Morgan fingerprint density at radius 1 is 1.15 bits per heavy atom. The third kappa shape index (κ3) is 7.43. The van der Waals surface area contributed by atoms with Crippen LogP contribution < -0.4 is 19.9 Å². The Morgan fingerprint density at radius 3 is 2.34 bits per heavy atom. The van der Waals surface area contributed by atoms with Crippen LogP contribution in [0.15, 0.2) is 53.9 Å². The van der Waals surface area contributed by atoms with Gasteiger partial charge < -0.3 is 24.4 Å². The fraction of sp³-hybridized carbons (Fsp3) is 0.500. The van der Waals surface area contributed by atoms with Crippen molar-refractivity contribution in [2.45, 2.75) is 52.4 Å². The van der Waals surface area contributed by atoms with Crippen molar-refractivity contribution in [3.8, 4) is 5.75 Å². The van der Waals surface area contributed by atoms with Gasteiger partial charge in [-0.25, -0.2) is 5.01 Å². The molecule has 0 bridgehead atoms. The number of hydrogen-bond acceptors (Lipinski definition) is 7. The number of alkyl halides is 3. The van der Waals surface area contributed by atoms with Gasteiger partial charge in [0.25, 0.3) is 0 Å². The summed E-state index contributed by atoms with van der Waals surface area (Å²) >= 11 is -0.766. The number of benzene rings is 2. The highest BCUT2D eigenvalue weighted by atomic mass is 32.2. The summed E-state index contributed by atoms with van der Waals surface area (Å²) in [6.45, 7) is 12.8. The standard InChI is InChI=1S/C30H40F3N5O2S/c1-6-12-37(13-7-2)27-20-26-24(19-28(27)40-30(31,32)33)18-21(3)38(22(4)34-5)35-29(26)23-8-10-25(11-9-23)36-14-16-41(39)17-15-36/h8-11,19-21,34H,4,6-7,12-18H2,1-3,5H3. The molecule has 2 aliphatic rings. The van der Waals surface area contributed by atoms with Crippen LogP contribution in [0.1, 0.15) is 50.3 Å². The first kappa shape index (κ1) is 30.9. The minimum absolute atomic E-state index is 0.174. The van der Waals surface area contributed by atoms with Crippen LogP contribution >= 0.6 is 0 Å². The fourth-order valence-electron chi connectivity index (χ4n) is 5.39. The zero-order chi connectivity index (χ0) is 29.7. The second-order valence-electron chi connectivity index (χ2n) is 10.4. The second kappa shape index (κ2) is 13.3. The molecule has 224 valence electrons. The maximum Gasteiger partial charge on any atom is 0.573 e. The largest absolute Gasteiger partial charge is 0.616 e. The molecule has 0 amide bonds. The first-order chi connectivity index (χ1) is 19.5. The van der Waals surface area contributed by atoms with Gasteiger partial charge in [-0.15, -0.1) is 13.2 Å². The number of fused-ring (bicyclic) bond motifs is 1. The normalized spacial score (nSPS) is 18.0. The highest BCUT2D eigenvalue weighted by molar-refractivity contribution is 7.91. The van der Waals surface area contributed by atoms with Crippen molar-refractivity contribution in [1.29, 1.82) is 0 Å². The summed E-state index contributed by atoms with van der Waals surface area (Å²) in [5.41, 5.74) is 4.43. The number of hydrazone groups is 1. The van der Waals surface area contributed by atoms with Gasteiger partial charge in [-0.2, -0.15) is 5.10 Å². The molecule has 1 unspecified atom stereocenters. The van der Waals surface area contributed by atoms with E-state index in [1.807, 2.05) is 56.0 Å². The highest BCUT2D eigenvalue weighted by Crippen LogP contribution is 2.39. The lowest BCUT2D eigenvalue weighted by atomic mass is 9.93. The van der Waals surface area contributed by atoms with Gasteiger partial charge >= 0.3 is 6.36 Å². The van der Waals surface area contributed by atoms with E-state index in [4.69, 9.17) is 5.10 Å². The van der Waals surface area contributed by atoms with Crippen LogP contribution in [0.5, 0.6) is 5.75 Å². The molecule has 11 heteroatoms. The second-order valence-corrected chi connectivity index (χ2v) is 12.1. The Morgan fingerprint density at radius 2 is 1.78 bits per heavy atom. The first-order valence-corrected chi connectivity index (χ1v) is 15.7. The Kier molecular flexibility index (Phi) is 10.0. The van der Waals surface area contributed by atoms with Crippen LogP contribution in [-0.2, 0) is 17.6 Å². The van der Waals surface area contributed by atoms with E-state index < -0.39 is 17.5 Å². The Hall–Kier alpha value is -3.05. The average molecular weight is 592 g/mol. The van der Waals surface area contributed by atoms with Crippen LogP contribution in [0.25, 0.3) is 0 Å². The molecular weight excluding hydrogens is 551 g/mol. The fourth-order valence-corrected chi connectivity index (χ4v) is 6.44. The van der Waals surface area contributed by atoms with Crippen molar-refractivity contribution < 1.29 is 22.5 Å². The number of hydrogen-bond donors (Lipinski definition) is 1. The molecule has 2 aromatic carbocycles. The van der Waals surface area contributed by atoms with Crippen LogP contribution in [0.4, 0.5) is 24.5 Å². The van der Waals surface area contributed by atoms with Crippen molar-refractivity contribution >= 4 is 28.3 Å². The quantitative estimate of drug-likeness (QED) is 0.370. The SMILES string of the molecule is C=C(NC)N1N=C(c2ccc(N3CC[S+]([O-])CC3)cc2)c2cc(N(CCC)CCC)c(OC(F)(F)F)cc2CC1C. The van der Waals surface area contributed by atoms with Gasteiger partial charge in [-0.05, 0) is 56.0 Å². The Bertz CT molecular complexity index is 1220. The van der Waals surface area contributed by atoms with E-state index in [0.29, 0.717) is 48.2 Å². The summed E-state index contributed by atoms with van der Waals surface area (Å²) in [5.74, 6) is 1.70. The van der Waals surface area contributed by atoms with E-state index in [2.05, 4.69) is 21.5 Å². The maximum atomic E-state index is 13.6. The van der Waals surface area contributed by atoms with Crippen molar-refractivity contribution in [2.75, 3.05) is 54.5 Å². The van der Waals surface area contributed by atoms with Crippen molar-refractivity contribution in [3.05, 3.63) is 65.5 Å². The molecule has 1 atom stereocenters. The van der Waals surface area contributed by atoms with Crippen LogP contribution in [0.2, 0.25) is 0 Å². The van der Waals surface area contributed by atoms with Gasteiger partial charge in [0.05, 0.1) is 30.5 Å². The third-order valence-electron chi connectivity index (χ3n) is 7.38. The van der Waals surface area contributed by atoms with E-state index in [-0.39, 0.29) is 11.8 Å². The topological polar surface area (TPSA) is 66.4 Å². The summed E-state index contributed by atoms with van der Waals surface area (Å²) in [5, 5.41) is 9.90. The predicted octanol–water partition coefficient (Wildman–Crippen LogP) is 5.47. The molecule has 0 saturated carbocycles. The van der Waals surface area contributed by atoms with E-state index in [9.17, 15) is 17.7 Å². The van der Waals surface area contributed by atoms with Gasteiger partial charge in [-0.1, -0.05) is 43.7 Å². The number of halogens is 3. The molecule has 1 fully saturated rings. The lowest BCUT2D eigenvalue weighted by molar-refractivity contribution is -0.274. The molecular formula is C30H40F3N5O2S. The molecule has 1 saturated heterocycles. The molecule has 7 nitrogen and oxygen atoms in total. The van der Waals surface area contributed by atoms with E-state index in [0.717, 1.165) is 48.3 Å². The van der Waals surface area contributed by atoms with Gasteiger partial charge in [-0.3, -0.25) is 0 Å². The third-order valence-corrected chi connectivity index (χ3v) is 8.66. The number of rotatable bonds is 10. The maximum absolute atomic E-state index is 13.6. The van der Waals surface area contributed by atoms with E-state index in [1.54, 1.807) is 12.1 Å². The van der Waals surface area contributed by atoms with Crippen LogP contribution in [0, 0.1) is 0 Å². The number of anilines is 2. The summed E-state index contributed by atoms with van der Waals surface area (Å²) in [6.07, 6.45) is -2.81. The predicted molar refractivity (Wildman–Crippen MR) is 161 cm³/mol. The number of nitrogens with one attached hydrogen (secondary N) is 1. The molecule has 0 aliphatic carbocycles. The van der Waals surface area contributed by atoms with Crippen LogP contribution in [-0.4, -0.2) is 72.4 Å². The highest BCUT2D eigenvalue weighted by Gasteiger charge is 2.35. The first-order valence-electron chi connectivity index (χ1n) is 14.2. The van der Waals surface area contributed by atoms with Gasteiger partial charge in [0, 0.05) is 37.0 Å². The smallest absolute Gasteiger partial charge is 0.573 e. The molecule has 0 radical (unpaired) electrons. The molecule has 41 heavy (non-hydrogen) atoms. The molecule has 2 aromatic rings. The molecule has 4 rings (SSSR count). The van der Waals surface area contributed by atoms with Crippen molar-refractivity contribution in [1.82, 2.24) is 10.3 Å². The van der Waals surface area contributed by atoms with Gasteiger partial charge in [0.15, 0.2) is 5.75 Å². The lowest BCUT2D eigenvalue weighted by Gasteiger charge is -2.30. The molecule has 1 N–H and O–H groups in total. The molecule has 2 aliphatic heterocycles. The van der Waals surface area contributed by atoms with Crippen molar-refractivity contribution in [2.24, 2.45) is 5.10 Å². The molecule has 0 aromatic heterocycles. The monoisotopic (exact) mass is 591 g/mol. The summed E-state index contributed by atoms with van der Waals surface area (Å²) in [4.78, 5) is 4.18.